The molecule has 0 radical (unpaired) electrons. The minimum absolute atomic E-state index is 0.530. The topological polar surface area (TPSA) is 28.5 Å². The van der Waals surface area contributed by atoms with E-state index in [1.165, 1.54) is 0 Å². The number of hydrogen-bond acceptors (Lipinski definition) is 3. The molecule has 3 nitrogen and oxygen atoms in total. The van der Waals surface area contributed by atoms with Crippen molar-refractivity contribution in [3.05, 3.63) is 59.4 Å². The lowest BCUT2D eigenvalue weighted by molar-refractivity contribution is 0.456. The molecule has 0 amide bonds. The van der Waals surface area contributed by atoms with Crippen LogP contribution in [0.3, 0.4) is 0 Å². The molecular weight excluding hydrogens is 290 g/mol. The van der Waals surface area contributed by atoms with Crippen molar-refractivity contribution in [1.82, 2.24) is 9.88 Å². The van der Waals surface area contributed by atoms with Gasteiger partial charge in [-0.2, -0.15) is 0 Å². The third-order valence-electron chi connectivity index (χ3n) is 3.01. The van der Waals surface area contributed by atoms with Gasteiger partial charge in [0, 0.05) is 25.0 Å². The Morgan fingerprint density at radius 1 is 1.20 bits per heavy atom. The van der Waals surface area contributed by atoms with Crippen molar-refractivity contribution in [2.45, 2.75) is 6.54 Å². The minimum Gasteiger partial charge on any atom is -0.346 e. The van der Waals surface area contributed by atoms with Gasteiger partial charge in [-0.15, -0.1) is 0 Å². The van der Waals surface area contributed by atoms with E-state index in [1.807, 2.05) is 48.7 Å². The number of amidine groups is 1. The molecule has 20 heavy (non-hydrogen) atoms. The average Bonchev–Trinajstić information content (AvgIpc) is 2.90. The molecular formula is C15H14ClN3S. The Morgan fingerprint density at radius 3 is 2.80 bits per heavy atom. The number of benzene rings is 1. The van der Waals surface area contributed by atoms with Gasteiger partial charge in [-0.05, 0) is 23.8 Å². The van der Waals surface area contributed by atoms with E-state index in [2.05, 4.69) is 9.88 Å². The summed E-state index contributed by atoms with van der Waals surface area (Å²) >= 11 is 7.61. The third-order valence-corrected chi connectivity index (χ3v) is 4.22. The molecule has 1 fully saturated rings. The van der Waals surface area contributed by atoms with Crippen LogP contribution in [0, 0.1) is 0 Å². The summed E-state index contributed by atoms with van der Waals surface area (Å²) in [5, 5.41) is 1.61. The first-order valence-corrected chi connectivity index (χ1v) is 7.79. The van der Waals surface area contributed by atoms with Crippen LogP contribution in [0.1, 0.15) is 5.56 Å². The van der Waals surface area contributed by atoms with Crippen LogP contribution >= 0.6 is 23.4 Å². The molecule has 0 spiro atoms. The van der Waals surface area contributed by atoms with E-state index in [4.69, 9.17) is 16.6 Å². The van der Waals surface area contributed by atoms with Gasteiger partial charge in [0.15, 0.2) is 5.17 Å². The second-order valence-electron chi connectivity index (χ2n) is 4.49. The highest BCUT2D eigenvalue weighted by Gasteiger charge is 2.19. The van der Waals surface area contributed by atoms with Crippen LogP contribution in [-0.2, 0) is 6.54 Å². The largest absolute Gasteiger partial charge is 0.346 e. The maximum atomic E-state index is 5.81. The lowest BCUT2D eigenvalue weighted by Crippen LogP contribution is -2.23. The van der Waals surface area contributed by atoms with Crippen molar-refractivity contribution in [1.29, 1.82) is 0 Å². The first-order valence-electron chi connectivity index (χ1n) is 6.43. The highest BCUT2D eigenvalue weighted by Crippen LogP contribution is 2.24. The van der Waals surface area contributed by atoms with Crippen LogP contribution in [0.5, 0.6) is 0 Å². The summed E-state index contributed by atoms with van der Waals surface area (Å²) in [6.07, 6.45) is 1.82. The third kappa shape index (κ3) is 3.32. The van der Waals surface area contributed by atoms with E-state index in [1.54, 1.807) is 11.8 Å². The van der Waals surface area contributed by atoms with Gasteiger partial charge >= 0.3 is 0 Å². The Bertz CT molecular complexity index is 598. The van der Waals surface area contributed by atoms with Crippen LogP contribution in [0.2, 0.25) is 5.15 Å². The number of aromatic nitrogens is 1. The van der Waals surface area contributed by atoms with Gasteiger partial charge in [0.25, 0.3) is 0 Å². The van der Waals surface area contributed by atoms with Gasteiger partial charge in [0.05, 0.1) is 5.69 Å². The van der Waals surface area contributed by atoms with Crippen molar-refractivity contribution in [2.75, 3.05) is 12.3 Å². The molecule has 1 saturated heterocycles. The number of hydrogen-bond donors (Lipinski definition) is 0. The molecule has 0 saturated carbocycles. The van der Waals surface area contributed by atoms with Crippen LogP contribution < -0.4 is 0 Å². The zero-order chi connectivity index (χ0) is 13.8. The highest BCUT2D eigenvalue weighted by atomic mass is 35.5. The smallest absolute Gasteiger partial charge is 0.164 e. The van der Waals surface area contributed by atoms with E-state index in [0.29, 0.717) is 5.15 Å². The number of nitrogens with zero attached hydrogens (tertiary/aromatic N) is 3. The van der Waals surface area contributed by atoms with Crippen LogP contribution in [0.25, 0.3) is 0 Å². The monoisotopic (exact) mass is 303 g/mol. The van der Waals surface area contributed by atoms with Gasteiger partial charge in [0.1, 0.15) is 5.15 Å². The number of para-hydroxylation sites is 1. The first kappa shape index (κ1) is 13.5. The molecule has 0 aliphatic carbocycles. The van der Waals surface area contributed by atoms with Gasteiger partial charge in [-0.3, -0.25) is 0 Å². The molecule has 2 heterocycles. The highest BCUT2D eigenvalue weighted by molar-refractivity contribution is 8.14. The molecule has 0 bridgehead atoms. The number of rotatable bonds is 3. The lowest BCUT2D eigenvalue weighted by atomic mass is 10.3. The van der Waals surface area contributed by atoms with Crippen molar-refractivity contribution in [3.8, 4) is 0 Å². The van der Waals surface area contributed by atoms with Crippen LogP contribution in [0.15, 0.2) is 53.7 Å². The fraction of sp³-hybridized carbons (Fsp3) is 0.200. The zero-order valence-electron chi connectivity index (χ0n) is 10.9. The molecule has 1 aromatic heterocycles. The Balaban J connectivity index is 1.76. The second kappa shape index (κ2) is 6.29. The van der Waals surface area contributed by atoms with E-state index < -0.39 is 0 Å². The molecule has 0 N–H and O–H groups in total. The van der Waals surface area contributed by atoms with E-state index in [0.717, 1.165) is 35.3 Å². The molecule has 0 atom stereocenters. The van der Waals surface area contributed by atoms with E-state index in [-0.39, 0.29) is 0 Å². The quantitative estimate of drug-likeness (QED) is 0.803. The Morgan fingerprint density at radius 2 is 2.05 bits per heavy atom. The van der Waals surface area contributed by atoms with Gasteiger partial charge in [-0.25, -0.2) is 9.98 Å². The molecule has 102 valence electrons. The average molecular weight is 304 g/mol. The Labute approximate surface area is 127 Å². The fourth-order valence-corrected chi connectivity index (χ4v) is 3.13. The van der Waals surface area contributed by atoms with Crippen molar-refractivity contribution >= 4 is 34.2 Å². The molecule has 1 aromatic carbocycles. The Hall–Kier alpha value is -1.52. The summed E-state index contributed by atoms with van der Waals surface area (Å²) in [6, 6.07) is 13.9. The summed E-state index contributed by atoms with van der Waals surface area (Å²) in [7, 11) is 0. The van der Waals surface area contributed by atoms with Crippen molar-refractivity contribution in [2.24, 2.45) is 4.99 Å². The first-order chi connectivity index (χ1) is 9.81. The summed E-state index contributed by atoms with van der Waals surface area (Å²) in [5.41, 5.74) is 2.15. The van der Waals surface area contributed by atoms with Gasteiger partial charge in [0.2, 0.25) is 0 Å². The number of pyridine rings is 1. The minimum atomic E-state index is 0.530. The summed E-state index contributed by atoms with van der Waals surface area (Å²) in [5.74, 6) is 1.08. The fourth-order valence-electron chi connectivity index (χ4n) is 2.02. The van der Waals surface area contributed by atoms with Crippen LogP contribution in [0.4, 0.5) is 5.69 Å². The summed E-state index contributed by atoms with van der Waals surface area (Å²) < 4.78 is 0. The van der Waals surface area contributed by atoms with Crippen LogP contribution in [-0.4, -0.2) is 27.3 Å². The zero-order valence-corrected chi connectivity index (χ0v) is 12.4. The predicted octanol–water partition coefficient (Wildman–Crippen LogP) is 3.97. The molecule has 1 aliphatic rings. The Kier molecular flexibility index (Phi) is 4.23. The maximum absolute atomic E-state index is 5.81. The van der Waals surface area contributed by atoms with E-state index in [9.17, 15) is 0 Å². The summed E-state index contributed by atoms with van der Waals surface area (Å²) in [6.45, 7) is 1.84. The number of aliphatic imine (C=N–C) groups is 1. The van der Waals surface area contributed by atoms with Gasteiger partial charge < -0.3 is 4.90 Å². The lowest BCUT2D eigenvalue weighted by Gasteiger charge is -2.17. The van der Waals surface area contributed by atoms with Gasteiger partial charge in [-0.1, -0.05) is 47.6 Å². The molecule has 5 heteroatoms. The second-order valence-corrected chi connectivity index (χ2v) is 5.94. The SMILES string of the molecule is Clc1ccc(CN2CCSC2=Nc2ccccc2)cn1. The van der Waals surface area contributed by atoms with Crippen molar-refractivity contribution < 1.29 is 0 Å². The number of halogens is 1. The maximum Gasteiger partial charge on any atom is 0.164 e. The molecule has 2 aromatic rings. The summed E-state index contributed by atoms with van der Waals surface area (Å²) in [4.78, 5) is 11.1. The molecule has 0 unspecified atom stereocenters. The van der Waals surface area contributed by atoms with Crippen molar-refractivity contribution in [3.63, 3.8) is 0 Å². The standard InChI is InChI=1S/C15H14ClN3S/c16-14-7-6-12(10-17-14)11-19-8-9-20-15(19)18-13-4-2-1-3-5-13/h1-7,10H,8-9,11H2. The predicted molar refractivity (Wildman–Crippen MR) is 85.7 cm³/mol. The number of thioether (sulfide) groups is 1. The van der Waals surface area contributed by atoms with E-state index >= 15 is 0 Å². The molecule has 3 rings (SSSR count). The molecule has 1 aliphatic heterocycles. The normalized spacial score (nSPS) is 16.9.